The number of aliphatic hydroxyl groups is 1. The molecule has 2 rings (SSSR count). The first kappa shape index (κ1) is 17.8. The lowest BCUT2D eigenvalue weighted by Crippen LogP contribution is -2.34. The second-order valence-corrected chi connectivity index (χ2v) is 6.81. The topological polar surface area (TPSA) is 50.7 Å². The first-order chi connectivity index (χ1) is 10.9. The van der Waals surface area contributed by atoms with Crippen LogP contribution in [0.5, 0.6) is 11.5 Å². The van der Waals surface area contributed by atoms with E-state index in [1.165, 1.54) is 0 Å². The summed E-state index contributed by atoms with van der Waals surface area (Å²) in [6.07, 6.45) is 0.0924. The minimum absolute atomic E-state index is 0.0924. The number of rotatable bonds is 8. The van der Waals surface area contributed by atoms with Gasteiger partial charge in [-0.15, -0.1) is 0 Å². The highest BCUT2D eigenvalue weighted by molar-refractivity contribution is 7.08. The first-order valence-corrected chi connectivity index (χ1v) is 8.66. The lowest BCUT2D eigenvalue weighted by atomic mass is 9.99. The van der Waals surface area contributed by atoms with E-state index in [1.807, 2.05) is 55.8 Å². The van der Waals surface area contributed by atoms with Crippen LogP contribution in [0.2, 0.25) is 0 Å². The maximum absolute atomic E-state index is 10.5. The number of hydrogen-bond donors (Lipinski definition) is 2. The van der Waals surface area contributed by atoms with E-state index in [9.17, 15) is 5.11 Å². The fourth-order valence-electron chi connectivity index (χ4n) is 2.29. The molecule has 0 aliphatic carbocycles. The van der Waals surface area contributed by atoms with Gasteiger partial charge in [-0.05, 0) is 49.2 Å². The van der Waals surface area contributed by atoms with Gasteiger partial charge in [-0.25, -0.2) is 0 Å². The fourth-order valence-corrected chi connectivity index (χ4v) is 3.07. The van der Waals surface area contributed by atoms with Crippen molar-refractivity contribution in [1.82, 2.24) is 5.32 Å². The molecule has 23 heavy (non-hydrogen) atoms. The summed E-state index contributed by atoms with van der Waals surface area (Å²) in [5.74, 6) is 1.58. The van der Waals surface area contributed by atoms with Crippen molar-refractivity contribution in [3.05, 3.63) is 46.2 Å². The molecule has 1 aromatic heterocycles. The van der Waals surface area contributed by atoms with Crippen molar-refractivity contribution >= 4 is 11.3 Å². The van der Waals surface area contributed by atoms with Crippen LogP contribution in [-0.4, -0.2) is 24.9 Å². The Balaban J connectivity index is 2.02. The molecule has 2 N–H and O–H groups in total. The summed E-state index contributed by atoms with van der Waals surface area (Å²) < 4.78 is 11.1. The number of methoxy groups -OCH3 is 1. The Labute approximate surface area is 142 Å². The molecular weight excluding hydrogens is 310 g/mol. The van der Waals surface area contributed by atoms with Crippen molar-refractivity contribution in [2.45, 2.75) is 39.0 Å². The van der Waals surface area contributed by atoms with Crippen LogP contribution in [0.4, 0.5) is 0 Å². The quantitative estimate of drug-likeness (QED) is 0.775. The van der Waals surface area contributed by atoms with Crippen LogP contribution in [0.3, 0.4) is 0 Å². The second-order valence-electron chi connectivity index (χ2n) is 6.03. The third-order valence-electron chi connectivity index (χ3n) is 3.56. The lowest BCUT2D eigenvalue weighted by molar-refractivity contribution is 0.0570. The summed E-state index contributed by atoms with van der Waals surface area (Å²) in [7, 11) is 1.64. The van der Waals surface area contributed by atoms with Crippen molar-refractivity contribution in [1.29, 1.82) is 0 Å². The molecule has 1 atom stereocenters. The number of benzene rings is 1. The first-order valence-electron chi connectivity index (χ1n) is 7.71. The van der Waals surface area contributed by atoms with Gasteiger partial charge in [0.2, 0.25) is 0 Å². The molecule has 0 saturated heterocycles. The predicted molar refractivity (Wildman–Crippen MR) is 94.4 cm³/mol. The maximum atomic E-state index is 10.5. The van der Waals surface area contributed by atoms with Crippen LogP contribution in [0.15, 0.2) is 35.0 Å². The maximum Gasteiger partial charge on any atom is 0.127 e. The van der Waals surface area contributed by atoms with Crippen molar-refractivity contribution in [2.75, 3.05) is 13.7 Å². The van der Waals surface area contributed by atoms with Gasteiger partial charge in [0.25, 0.3) is 0 Å². The standard InChI is InChI=1S/C18H25NO3S/c1-13(2)22-17-9-16(21-4)6-5-14(17)10-19-12-18(3,20)15-7-8-23-11-15/h5-9,11,13,19-20H,10,12H2,1-4H3. The molecule has 1 unspecified atom stereocenters. The molecule has 4 nitrogen and oxygen atoms in total. The van der Waals surface area contributed by atoms with Crippen LogP contribution in [-0.2, 0) is 12.1 Å². The zero-order valence-electron chi connectivity index (χ0n) is 14.1. The van der Waals surface area contributed by atoms with E-state index in [4.69, 9.17) is 9.47 Å². The van der Waals surface area contributed by atoms with Gasteiger partial charge in [-0.3, -0.25) is 0 Å². The molecule has 1 heterocycles. The SMILES string of the molecule is COc1ccc(CNCC(C)(O)c2ccsc2)c(OC(C)C)c1. The van der Waals surface area contributed by atoms with Gasteiger partial charge in [-0.1, -0.05) is 6.07 Å². The molecule has 0 fully saturated rings. The molecule has 0 amide bonds. The minimum Gasteiger partial charge on any atom is -0.497 e. The van der Waals surface area contributed by atoms with Crippen molar-refractivity contribution in [3.63, 3.8) is 0 Å². The molecule has 0 saturated carbocycles. The molecule has 5 heteroatoms. The summed E-state index contributed by atoms with van der Waals surface area (Å²) in [4.78, 5) is 0. The summed E-state index contributed by atoms with van der Waals surface area (Å²) in [5, 5.41) is 17.8. The second kappa shape index (κ2) is 7.81. The Morgan fingerprint density at radius 1 is 1.30 bits per heavy atom. The van der Waals surface area contributed by atoms with Crippen LogP contribution >= 0.6 is 11.3 Å². The Kier molecular flexibility index (Phi) is 6.04. The molecule has 2 aromatic rings. The molecule has 0 bridgehead atoms. The Morgan fingerprint density at radius 3 is 2.70 bits per heavy atom. The van der Waals surface area contributed by atoms with E-state index in [-0.39, 0.29) is 6.10 Å². The third-order valence-corrected chi connectivity index (χ3v) is 4.25. The lowest BCUT2D eigenvalue weighted by Gasteiger charge is -2.23. The van der Waals surface area contributed by atoms with Crippen molar-refractivity contribution < 1.29 is 14.6 Å². The minimum atomic E-state index is -0.883. The Morgan fingerprint density at radius 2 is 2.09 bits per heavy atom. The number of ether oxygens (including phenoxy) is 2. The van der Waals surface area contributed by atoms with E-state index >= 15 is 0 Å². The van der Waals surface area contributed by atoms with Gasteiger partial charge in [0.05, 0.1) is 18.8 Å². The summed E-state index contributed by atoms with van der Waals surface area (Å²) >= 11 is 1.59. The predicted octanol–water partition coefficient (Wildman–Crippen LogP) is 3.54. The van der Waals surface area contributed by atoms with E-state index in [1.54, 1.807) is 18.4 Å². The number of thiophene rings is 1. The largest absolute Gasteiger partial charge is 0.497 e. The van der Waals surface area contributed by atoms with Crippen LogP contribution in [0.25, 0.3) is 0 Å². The number of nitrogens with one attached hydrogen (secondary N) is 1. The summed E-state index contributed by atoms with van der Waals surface area (Å²) in [6.45, 7) is 6.90. The molecule has 0 spiro atoms. The smallest absolute Gasteiger partial charge is 0.127 e. The van der Waals surface area contributed by atoms with Gasteiger partial charge in [0.15, 0.2) is 0 Å². The monoisotopic (exact) mass is 335 g/mol. The van der Waals surface area contributed by atoms with Crippen molar-refractivity contribution in [2.24, 2.45) is 0 Å². The van der Waals surface area contributed by atoms with E-state index in [0.717, 1.165) is 22.6 Å². The average molecular weight is 335 g/mol. The average Bonchev–Trinajstić information content (AvgIpc) is 3.03. The zero-order valence-corrected chi connectivity index (χ0v) is 14.9. The van der Waals surface area contributed by atoms with Gasteiger partial charge in [-0.2, -0.15) is 11.3 Å². The normalized spacial score (nSPS) is 13.8. The summed E-state index contributed by atoms with van der Waals surface area (Å²) in [6, 6.07) is 7.76. The third kappa shape index (κ3) is 4.96. The van der Waals surface area contributed by atoms with Crippen molar-refractivity contribution in [3.8, 4) is 11.5 Å². The molecular formula is C18H25NO3S. The van der Waals surface area contributed by atoms with E-state index < -0.39 is 5.60 Å². The van der Waals surface area contributed by atoms with Gasteiger partial charge >= 0.3 is 0 Å². The highest BCUT2D eigenvalue weighted by Gasteiger charge is 2.23. The Hall–Kier alpha value is -1.56. The zero-order chi connectivity index (χ0) is 16.9. The fraction of sp³-hybridized carbons (Fsp3) is 0.444. The highest BCUT2D eigenvalue weighted by Crippen LogP contribution is 2.26. The number of hydrogen-bond acceptors (Lipinski definition) is 5. The van der Waals surface area contributed by atoms with E-state index in [2.05, 4.69) is 5.32 Å². The van der Waals surface area contributed by atoms with Gasteiger partial charge in [0.1, 0.15) is 11.5 Å². The van der Waals surface area contributed by atoms with Gasteiger partial charge < -0.3 is 19.9 Å². The van der Waals surface area contributed by atoms with Crippen LogP contribution in [0, 0.1) is 0 Å². The Bertz CT molecular complexity index is 609. The highest BCUT2D eigenvalue weighted by atomic mass is 32.1. The van der Waals surface area contributed by atoms with E-state index in [0.29, 0.717) is 13.1 Å². The van der Waals surface area contributed by atoms with Crippen LogP contribution in [0.1, 0.15) is 31.9 Å². The summed E-state index contributed by atoms with van der Waals surface area (Å²) in [5.41, 5.74) is 1.09. The van der Waals surface area contributed by atoms with Gasteiger partial charge in [0, 0.05) is 24.7 Å². The van der Waals surface area contributed by atoms with Crippen LogP contribution < -0.4 is 14.8 Å². The molecule has 0 aliphatic heterocycles. The molecule has 126 valence electrons. The molecule has 0 aliphatic rings. The molecule has 1 aromatic carbocycles. The molecule has 0 radical (unpaired) electrons.